The number of esters is 1. The van der Waals surface area contributed by atoms with Gasteiger partial charge in [0.25, 0.3) is 5.91 Å². The Labute approximate surface area is 160 Å². The van der Waals surface area contributed by atoms with Gasteiger partial charge >= 0.3 is 5.97 Å². The van der Waals surface area contributed by atoms with Crippen molar-refractivity contribution < 1.29 is 18.7 Å². The summed E-state index contributed by atoms with van der Waals surface area (Å²) in [6.07, 6.45) is 0.749. The molecule has 2 aromatic carbocycles. The van der Waals surface area contributed by atoms with Crippen LogP contribution in [0.2, 0.25) is 5.02 Å². The summed E-state index contributed by atoms with van der Waals surface area (Å²) >= 11 is 7.12. The molecule has 0 heterocycles. The van der Waals surface area contributed by atoms with Crippen LogP contribution in [0.3, 0.4) is 0 Å². The molecule has 26 heavy (non-hydrogen) atoms. The van der Waals surface area contributed by atoms with E-state index in [0.717, 1.165) is 17.7 Å². The van der Waals surface area contributed by atoms with Crippen LogP contribution in [0, 0.1) is 5.82 Å². The highest BCUT2D eigenvalue weighted by atomic mass is 35.5. The van der Waals surface area contributed by atoms with Gasteiger partial charge in [0.05, 0.1) is 5.75 Å². The van der Waals surface area contributed by atoms with E-state index in [4.69, 9.17) is 16.3 Å². The van der Waals surface area contributed by atoms with Crippen LogP contribution >= 0.6 is 23.4 Å². The minimum atomic E-state index is -1.09. The first-order valence-electron chi connectivity index (χ1n) is 8.15. The quantitative estimate of drug-likeness (QED) is 0.567. The third-order valence-electron chi connectivity index (χ3n) is 3.75. The molecule has 1 aliphatic carbocycles. The van der Waals surface area contributed by atoms with E-state index >= 15 is 0 Å². The lowest BCUT2D eigenvalue weighted by molar-refractivity contribution is -0.154. The summed E-state index contributed by atoms with van der Waals surface area (Å²) in [4.78, 5) is 25.5. The summed E-state index contributed by atoms with van der Waals surface area (Å²) in [6.45, 7) is 0. The Balaban J connectivity index is 1.63. The molecule has 1 fully saturated rings. The second-order valence-corrected chi connectivity index (χ2v) is 7.43. The summed E-state index contributed by atoms with van der Waals surface area (Å²) in [5.41, 5.74) is 0.439. The molecule has 1 N–H and O–H groups in total. The van der Waals surface area contributed by atoms with E-state index in [1.807, 2.05) is 0 Å². The maximum Gasteiger partial charge on any atom is 0.317 e. The molecule has 136 valence electrons. The van der Waals surface area contributed by atoms with Gasteiger partial charge in [-0.15, -0.1) is 11.8 Å². The smallest absolute Gasteiger partial charge is 0.317 e. The number of ether oxygens (including phenoxy) is 1. The van der Waals surface area contributed by atoms with Crippen molar-refractivity contribution in [2.24, 2.45) is 0 Å². The second kappa shape index (κ2) is 8.56. The van der Waals surface area contributed by atoms with E-state index in [1.54, 1.807) is 24.3 Å². The molecule has 7 heteroatoms. The Morgan fingerprint density at radius 3 is 2.42 bits per heavy atom. The first-order chi connectivity index (χ1) is 12.5. The Morgan fingerprint density at radius 1 is 1.15 bits per heavy atom. The monoisotopic (exact) mass is 393 g/mol. The van der Waals surface area contributed by atoms with Gasteiger partial charge in [0.15, 0.2) is 0 Å². The van der Waals surface area contributed by atoms with Gasteiger partial charge in [-0.3, -0.25) is 9.59 Å². The molecular weight excluding hydrogens is 377 g/mol. The lowest BCUT2D eigenvalue weighted by Crippen LogP contribution is -2.33. The first-order valence-corrected chi connectivity index (χ1v) is 9.51. The lowest BCUT2D eigenvalue weighted by atomic mass is 10.1. The zero-order chi connectivity index (χ0) is 18.5. The molecular formula is C19H17ClFNO3S. The average Bonchev–Trinajstić information content (AvgIpc) is 3.44. The van der Waals surface area contributed by atoms with Crippen LogP contribution in [-0.2, 0) is 14.3 Å². The molecule has 2 aromatic rings. The summed E-state index contributed by atoms with van der Waals surface area (Å²) in [7, 11) is 0. The fourth-order valence-corrected chi connectivity index (χ4v) is 3.06. The van der Waals surface area contributed by atoms with Crippen molar-refractivity contribution in [1.29, 1.82) is 0 Å². The standard InChI is InChI=1S/C19H17ClFNO3S/c20-13-3-9-16(10-4-13)26-11-17(23)25-18(19(24)22-15-7-8-15)12-1-5-14(21)6-2-12/h1-6,9-10,15,18H,7-8,11H2,(H,22,24). The molecule has 0 saturated heterocycles. The minimum Gasteiger partial charge on any atom is -0.447 e. The van der Waals surface area contributed by atoms with Gasteiger partial charge in [0.2, 0.25) is 6.10 Å². The van der Waals surface area contributed by atoms with E-state index in [0.29, 0.717) is 10.6 Å². The van der Waals surface area contributed by atoms with E-state index < -0.39 is 17.9 Å². The zero-order valence-corrected chi connectivity index (χ0v) is 15.4. The normalized spacial score (nSPS) is 14.5. The van der Waals surface area contributed by atoms with Gasteiger partial charge in [0.1, 0.15) is 5.82 Å². The van der Waals surface area contributed by atoms with Crippen LogP contribution in [0.25, 0.3) is 0 Å². The van der Waals surface area contributed by atoms with Crippen molar-refractivity contribution in [2.45, 2.75) is 29.9 Å². The number of carbonyl (C=O) groups excluding carboxylic acids is 2. The number of hydrogen-bond donors (Lipinski definition) is 1. The molecule has 0 aromatic heterocycles. The molecule has 1 atom stereocenters. The van der Waals surface area contributed by atoms with Crippen molar-refractivity contribution in [1.82, 2.24) is 5.32 Å². The van der Waals surface area contributed by atoms with Crippen molar-refractivity contribution in [3.63, 3.8) is 0 Å². The molecule has 0 bridgehead atoms. The molecule has 1 unspecified atom stereocenters. The molecule has 3 rings (SSSR count). The molecule has 4 nitrogen and oxygen atoms in total. The number of amides is 1. The highest BCUT2D eigenvalue weighted by Gasteiger charge is 2.30. The Hall–Kier alpha value is -2.05. The van der Waals surface area contributed by atoms with Crippen molar-refractivity contribution in [3.8, 4) is 0 Å². The predicted octanol–water partition coefficient (Wildman–Crippen LogP) is 4.13. The number of hydrogen-bond acceptors (Lipinski definition) is 4. The number of benzene rings is 2. The third kappa shape index (κ3) is 5.47. The van der Waals surface area contributed by atoms with Crippen LogP contribution < -0.4 is 5.32 Å². The second-order valence-electron chi connectivity index (χ2n) is 5.95. The van der Waals surface area contributed by atoms with Gasteiger partial charge < -0.3 is 10.1 Å². The highest BCUT2D eigenvalue weighted by molar-refractivity contribution is 8.00. The predicted molar refractivity (Wildman–Crippen MR) is 98.6 cm³/mol. The van der Waals surface area contributed by atoms with Gasteiger partial charge in [-0.05, 0) is 49.2 Å². The Bertz CT molecular complexity index is 778. The van der Waals surface area contributed by atoms with Crippen LogP contribution in [0.5, 0.6) is 0 Å². The van der Waals surface area contributed by atoms with Crippen LogP contribution in [0.1, 0.15) is 24.5 Å². The topological polar surface area (TPSA) is 55.4 Å². The highest BCUT2D eigenvalue weighted by Crippen LogP contribution is 2.25. The average molecular weight is 394 g/mol. The van der Waals surface area contributed by atoms with Crippen molar-refractivity contribution >= 4 is 35.2 Å². The molecule has 1 aliphatic rings. The van der Waals surface area contributed by atoms with E-state index in [-0.39, 0.29) is 17.7 Å². The number of carbonyl (C=O) groups is 2. The van der Waals surface area contributed by atoms with Crippen LogP contribution in [0.4, 0.5) is 4.39 Å². The van der Waals surface area contributed by atoms with Crippen LogP contribution in [0.15, 0.2) is 53.4 Å². The van der Waals surface area contributed by atoms with Crippen molar-refractivity contribution in [3.05, 3.63) is 64.9 Å². The third-order valence-corrected chi connectivity index (χ3v) is 4.99. The number of nitrogens with one attached hydrogen (secondary N) is 1. The fraction of sp³-hybridized carbons (Fsp3) is 0.263. The lowest BCUT2D eigenvalue weighted by Gasteiger charge is -2.18. The van der Waals surface area contributed by atoms with E-state index in [1.165, 1.54) is 36.0 Å². The summed E-state index contributed by atoms with van der Waals surface area (Å²) < 4.78 is 18.5. The summed E-state index contributed by atoms with van der Waals surface area (Å²) in [5, 5.41) is 3.44. The van der Waals surface area contributed by atoms with Gasteiger partial charge in [-0.1, -0.05) is 23.7 Å². The maximum atomic E-state index is 13.1. The number of rotatable bonds is 7. The van der Waals surface area contributed by atoms with Crippen molar-refractivity contribution in [2.75, 3.05) is 5.75 Å². The fourth-order valence-electron chi connectivity index (χ4n) is 2.25. The van der Waals surface area contributed by atoms with Gasteiger partial charge in [0, 0.05) is 21.5 Å². The molecule has 0 aliphatic heterocycles. The van der Waals surface area contributed by atoms with E-state index in [9.17, 15) is 14.0 Å². The number of thioether (sulfide) groups is 1. The Kier molecular flexibility index (Phi) is 6.16. The maximum absolute atomic E-state index is 13.1. The number of halogens is 2. The van der Waals surface area contributed by atoms with Gasteiger partial charge in [-0.25, -0.2) is 4.39 Å². The van der Waals surface area contributed by atoms with Gasteiger partial charge in [-0.2, -0.15) is 0 Å². The zero-order valence-electron chi connectivity index (χ0n) is 13.8. The minimum absolute atomic E-state index is 0.0516. The Morgan fingerprint density at radius 2 is 1.81 bits per heavy atom. The first kappa shape index (κ1) is 18.7. The molecule has 1 amide bonds. The summed E-state index contributed by atoms with van der Waals surface area (Å²) in [5.74, 6) is -1.27. The SMILES string of the molecule is O=C(CSc1ccc(Cl)cc1)OC(C(=O)NC1CC1)c1ccc(F)cc1. The molecule has 1 saturated carbocycles. The molecule has 0 spiro atoms. The van der Waals surface area contributed by atoms with E-state index in [2.05, 4.69) is 5.32 Å². The summed E-state index contributed by atoms with van der Waals surface area (Å²) in [6, 6.07) is 12.6. The van der Waals surface area contributed by atoms with Crippen LogP contribution in [-0.4, -0.2) is 23.7 Å². The largest absolute Gasteiger partial charge is 0.447 e. The molecule has 0 radical (unpaired) electrons.